The molecule has 2 aromatic carbocycles. The maximum atomic E-state index is 13.4. The van der Waals surface area contributed by atoms with Crippen molar-refractivity contribution >= 4 is 28.8 Å². The van der Waals surface area contributed by atoms with Gasteiger partial charge in [-0.1, -0.05) is 25.5 Å². The summed E-state index contributed by atoms with van der Waals surface area (Å²) < 4.78 is 40.1. The molecular weight excluding hydrogens is 399 g/mol. The Morgan fingerprint density at radius 3 is 2.17 bits per heavy atom. The molecule has 10 heteroatoms. The Labute approximate surface area is 170 Å². The Balaban J connectivity index is 1.87. The first-order valence-electron chi connectivity index (χ1n) is 9.08. The summed E-state index contributed by atoms with van der Waals surface area (Å²) in [5, 5.41) is 16.2. The second kappa shape index (κ2) is 8.76. The van der Waals surface area contributed by atoms with Gasteiger partial charge in [-0.25, -0.2) is 4.98 Å². The third-order valence-electron chi connectivity index (χ3n) is 4.18. The van der Waals surface area contributed by atoms with Crippen LogP contribution in [0.2, 0.25) is 0 Å². The Bertz CT molecular complexity index is 1020. The lowest BCUT2D eigenvalue weighted by atomic mass is 10.1. The summed E-state index contributed by atoms with van der Waals surface area (Å²) in [6.07, 6.45) is -2.05. The molecule has 3 rings (SSSR count). The van der Waals surface area contributed by atoms with E-state index < -0.39 is 22.5 Å². The Hall–Kier alpha value is -3.69. The fourth-order valence-corrected chi connectivity index (χ4v) is 2.72. The number of nitrogens with one attached hydrogen (secondary N) is 2. The topological polar surface area (TPSA) is 93.0 Å². The van der Waals surface area contributed by atoms with Crippen LogP contribution in [0.15, 0.2) is 54.7 Å². The highest BCUT2D eigenvalue weighted by Gasteiger charge is 2.35. The minimum absolute atomic E-state index is 0.0179. The van der Waals surface area contributed by atoms with Gasteiger partial charge in [0.15, 0.2) is 0 Å². The summed E-state index contributed by atoms with van der Waals surface area (Å²) in [5.74, 6) is -0.480. The molecule has 0 aliphatic carbocycles. The van der Waals surface area contributed by atoms with E-state index in [0.717, 1.165) is 18.4 Å². The van der Waals surface area contributed by atoms with E-state index >= 15 is 0 Å². The van der Waals surface area contributed by atoms with Crippen LogP contribution in [0.25, 0.3) is 0 Å². The van der Waals surface area contributed by atoms with Gasteiger partial charge in [0.05, 0.1) is 4.92 Å². The van der Waals surface area contributed by atoms with Crippen LogP contribution < -0.4 is 10.6 Å². The molecule has 0 spiro atoms. The second-order valence-corrected chi connectivity index (χ2v) is 6.45. The quantitative estimate of drug-likeness (QED) is 0.370. The number of non-ortho nitro benzene ring substituents is 1. The SMILES string of the molecule is CCCc1ccc(Nc2ncc(C(F)(F)F)c(Nc3ccc([N+](=O)[O-])cc3)n2)cc1. The molecule has 7 nitrogen and oxygen atoms in total. The largest absolute Gasteiger partial charge is 0.421 e. The number of alkyl halides is 3. The molecule has 0 atom stereocenters. The standard InChI is InChI=1S/C20H18F3N5O2/c1-2-3-13-4-6-15(7-5-13)26-19-24-12-17(20(21,22)23)18(27-19)25-14-8-10-16(11-9-14)28(29)30/h4-12H,2-3H2,1H3,(H2,24,25,26,27). The van der Waals surface area contributed by atoms with Crippen molar-refractivity contribution in [2.45, 2.75) is 25.9 Å². The predicted molar refractivity (Wildman–Crippen MR) is 107 cm³/mol. The van der Waals surface area contributed by atoms with Crippen LogP contribution in [0.4, 0.5) is 42.0 Å². The van der Waals surface area contributed by atoms with Gasteiger partial charge in [0.25, 0.3) is 5.69 Å². The van der Waals surface area contributed by atoms with E-state index in [0.29, 0.717) is 11.9 Å². The average molecular weight is 417 g/mol. The van der Waals surface area contributed by atoms with Crippen LogP contribution in [0, 0.1) is 10.1 Å². The van der Waals surface area contributed by atoms with Crippen molar-refractivity contribution in [3.05, 3.63) is 76.0 Å². The van der Waals surface area contributed by atoms with Crippen molar-refractivity contribution in [2.75, 3.05) is 10.6 Å². The van der Waals surface area contributed by atoms with Gasteiger partial charge in [-0.05, 0) is 36.2 Å². The lowest BCUT2D eigenvalue weighted by molar-refractivity contribution is -0.384. The Morgan fingerprint density at radius 2 is 1.60 bits per heavy atom. The number of hydrogen-bond donors (Lipinski definition) is 2. The molecule has 2 N–H and O–H groups in total. The second-order valence-electron chi connectivity index (χ2n) is 6.45. The maximum absolute atomic E-state index is 13.4. The molecule has 30 heavy (non-hydrogen) atoms. The lowest BCUT2D eigenvalue weighted by Gasteiger charge is -2.15. The minimum Gasteiger partial charge on any atom is -0.340 e. The monoisotopic (exact) mass is 417 g/mol. The lowest BCUT2D eigenvalue weighted by Crippen LogP contribution is -2.12. The van der Waals surface area contributed by atoms with Gasteiger partial charge in [-0.2, -0.15) is 18.2 Å². The zero-order chi connectivity index (χ0) is 21.7. The number of anilines is 4. The van der Waals surface area contributed by atoms with Gasteiger partial charge in [0.1, 0.15) is 11.4 Å². The molecule has 0 bridgehead atoms. The zero-order valence-electron chi connectivity index (χ0n) is 15.9. The summed E-state index contributed by atoms with van der Waals surface area (Å²) in [4.78, 5) is 17.9. The summed E-state index contributed by atoms with van der Waals surface area (Å²) >= 11 is 0. The van der Waals surface area contributed by atoms with Gasteiger partial charge < -0.3 is 10.6 Å². The molecule has 1 heterocycles. The molecule has 0 aliphatic rings. The molecule has 3 aromatic rings. The van der Waals surface area contributed by atoms with Crippen LogP contribution in [0.5, 0.6) is 0 Å². The molecule has 0 unspecified atom stereocenters. The summed E-state index contributed by atoms with van der Waals surface area (Å²) in [5.41, 5.74) is 0.783. The minimum atomic E-state index is -4.68. The molecule has 0 radical (unpaired) electrons. The summed E-state index contributed by atoms with van der Waals surface area (Å²) in [6.45, 7) is 2.07. The number of aromatic nitrogens is 2. The third-order valence-corrected chi connectivity index (χ3v) is 4.18. The van der Waals surface area contributed by atoms with Crippen LogP contribution in [0.3, 0.4) is 0 Å². The third kappa shape index (κ3) is 5.22. The van der Waals surface area contributed by atoms with E-state index in [-0.39, 0.29) is 17.3 Å². The highest BCUT2D eigenvalue weighted by Crippen LogP contribution is 2.35. The van der Waals surface area contributed by atoms with Crippen molar-refractivity contribution in [3.8, 4) is 0 Å². The number of aryl methyl sites for hydroxylation is 1. The van der Waals surface area contributed by atoms with E-state index in [2.05, 4.69) is 27.5 Å². The predicted octanol–water partition coefficient (Wildman–Crippen LogP) is 5.84. The highest BCUT2D eigenvalue weighted by atomic mass is 19.4. The Morgan fingerprint density at radius 1 is 1.00 bits per heavy atom. The first kappa shape index (κ1) is 21.0. The normalized spacial score (nSPS) is 11.2. The molecule has 1 aromatic heterocycles. The van der Waals surface area contributed by atoms with Crippen molar-refractivity contribution in [1.29, 1.82) is 0 Å². The van der Waals surface area contributed by atoms with Crippen LogP contribution in [-0.4, -0.2) is 14.9 Å². The van der Waals surface area contributed by atoms with Crippen molar-refractivity contribution in [1.82, 2.24) is 9.97 Å². The molecular formula is C20H18F3N5O2. The molecule has 0 saturated heterocycles. The fraction of sp³-hybridized carbons (Fsp3) is 0.200. The van der Waals surface area contributed by atoms with Crippen LogP contribution in [-0.2, 0) is 12.6 Å². The fourth-order valence-electron chi connectivity index (χ4n) is 2.72. The van der Waals surface area contributed by atoms with Gasteiger partial charge >= 0.3 is 6.18 Å². The van der Waals surface area contributed by atoms with Crippen LogP contribution in [0.1, 0.15) is 24.5 Å². The van der Waals surface area contributed by atoms with Crippen molar-refractivity contribution in [2.24, 2.45) is 0 Å². The van der Waals surface area contributed by atoms with Crippen molar-refractivity contribution < 1.29 is 18.1 Å². The van der Waals surface area contributed by atoms with E-state index in [1.165, 1.54) is 24.3 Å². The van der Waals surface area contributed by atoms with E-state index in [9.17, 15) is 23.3 Å². The number of hydrogen-bond acceptors (Lipinski definition) is 6. The summed E-state index contributed by atoms with van der Waals surface area (Å²) in [6, 6.07) is 12.4. The van der Waals surface area contributed by atoms with E-state index in [1.807, 2.05) is 12.1 Å². The summed E-state index contributed by atoms with van der Waals surface area (Å²) in [7, 11) is 0. The van der Waals surface area contributed by atoms with Crippen LogP contribution >= 0.6 is 0 Å². The van der Waals surface area contributed by atoms with Gasteiger partial charge in [-0.3, -0.25) is 10.1 Å². The Kier molecular flexibility index (Phi) is 6.14. The smallest absolute Gasteiger partial charge is 0.340 e. The van der Waals surface area contributed by atoms with Gasteiger partial charge in [0.2, 0.25) is 5.95 Å². The molecule has 0 fully saturated rings. The first-order chi connectivity index (χ1) is 14.3. The van der Waals surface area contributed by atoms with Gasteiger partial charge in [-0.15, -0.1) is 0 Å². The van der Waals surface area contributed by atoms with E-state index in [4.69, 9.17) is 0 Å². The number of rotatable bonds is 7. The van der Waals surface area contributed by atoms with Gasteiger partial charge in [0, 0.05) is 29.7 Å². The maximum Gasteiger partial charge on any atom is 0.421 e. The molecule has 0 amide bonds. The first-order valence-corrected chi connectivity index (χ1v) is 9.08. The molecule has 0 aliphatic heterocycles. The number of halogens is 3. The zero-order valence-corrected chi connectivity index (χ0v) is 15.9. The molecule has 0 saturated carbocycles. The number of nitro benzene ring substituents is 1. The highest BCUT2D eigenvalue weighted by molar-refractivity contribution is 5.63. The number of benzene rings is 2. The van der Waals surface area contributed by atoms with E-state index in [1.54, 1.807) is 12.1 Å². The molecule has 156 valence electrons. The average Bonchev–Trinajstić information content (AvgIpc) is 2.69. The number of nitro groups is 1. The van der Waals surface area contributed by atoms with Crippen molar-refractivity contribution in [3.63, 3.8) is 0 Å². The number of nitrogens with zero attached hydrogens (tertiary/aromatic N) is 3.